The summed E-state index contributed by atoms with van der Waals surface area (Å²) >= 11 is 0. The molecule has 41 heavy (non-hydrogen) atoms. The summed E-state index contributed by atoms with van der Waals surface area (Å²) < 4.78 is 5.25. The molecule has 4 amide bonds. The third-order valence-corrected chi connectivity index (χ3v) is 6.22. The summed E-state index contributed by atoms with van der Waals surface area (Å²) in [5, 5.41) is 19.7. The molecule has 3 rings (SSSR count). The van der Waals surface area contributed by atoms with E-state index in [1.54, 1.807) is 43.3 Å². The van der Waals surface area contributed by atoms with Crippen LogP contribution < -0.4 is 26.9 Å². The Hall–Kier alpha value is -5.00. The van der Waals surface area contributed by atoms with Crippen molar-refractivity contribution < 1.29 is 33.5 Å². The van der Waals surface area contributed by atoms with Crippen LogP contribution in [0.3, 0.4) is 0 Å². The minimum atomic E-state index is -1.14. The number of rotatable bonds is 12. The Morgan fingerprint density at radius 2 is 1.49 bits per heavy atom. The van der Waals surface area contributed by atoms with Crippen LogP contribution in [-0.4, -0.2) is 52.8 Å². The van der Waals surface area contributed by atoms with Crippen molar-refractivity contribution in [3.8, 4) is 0 Å². The number of carbonyl (C=O) groups is 5. The summed E-state index contributed by atoms with van der Waals surface area (Å²) in [6.07, 6.45) is -0.518. The molecular weight excluding hydrogens is 532 g/mol. The SMILES string of the molecule is Cc1cc(=O)oc2cc(NC(=O)[C@H](Cc3ccccc3)NC(=O)[C@@H](C)NC(=O)[C@H](C)NC(=O)CCC(=O)O)ccc12. The highest BCUT2D eigenvalue weighted by atomic mass is 16.4. The second kappa shape index (κ2) is 13.9. The molecule has 0 bridgehead atoms. The van der Waals surface area contributed by atoms with E-state index in [-0.39, 0.29) is 19.3 Å². The van der Waals surface area contributed by atoms with Crippen LogP contribution in [0.15, 0.2) is 63.8 Å². The lowest BCUT2D eigenvalue weighted by atomic mass is 10.0. The number of carboxylic acid groups (broad SMARTS) is 1. The van der Waals surface area contributed by atoms with Crippen LogP contribution in [-0.2, 0) is 30.4 Å². The normalized spacial score (nSPS) is 13.0. The minimum Gasteiger partial charge on any atom is -0.481 e. The molecule has 2 aromatic carbocycles. The number of carbonyl (C=O) groups excluding carboxylic acids is 4. The fourth-order valence-electron chi connectivity index (χ4n) is 3.99. The first-order valence-corrected chi connectivity index (χ1v) is 12.9. The van der Waals surface area contributed by atoms with Gasteiger partial charge in [0.25, 0.3) is 0 Å². The number of nitrogens with one attached hydrogen (secondary N) is 4. The van der Waals surface area contributed by atoms with E-state index in [4.69, 9.17) is 9.52 Å². The molecule has 0 aliphatic rings. The Kier molecular flexibility index (Phi) is 10.3. The van der Waals surface area contributed by atoms with Gasteiger partial charge in [0.1, 0.15) is 23.7 Å². The highest BCUT2D eigenvalue weighted by Gasteiger charge is 2.26. The van der Waals surface area contributed by atoms with Gasteiger partial charge < -0.3 is 30.8 Å². The highest BCUT2D eigenvalue weighted by molar-refractivity contribution is 6.00. The first-order valence-electron chi connectivity index (χ1n) is 12.9. The molecule has 0 saturated carbocycles. The molecule has 3 aromatic rings. The largest absolute Gasteiger partial charge is 0.481 e. The number of anilines is 1. The first kappa shape index (κ1) is 30.5. The molecule has 0 fully saturated rings. The minimum absolute atomic E-state index is 0.150. The molecule has 0 spiro atoms. The van der Waals surface area contributed by atoms with Gasteiger partial charge in [0.2, 0.25) is 23.6 Å². The zero-order valence-electron chi connectivity index (χ0n) is 22.9. The number of aryl methyl sites for hydroxylation is 1. The predicted octanol–water partition coefficient (Wildman–Crippen LogP) is 1.64. The van der Waals surface area contributed by atoms with Gasteiger partial charge in [-0.3, -0.25) is 24.0 Å². The molecule has 216 valence electrons. The van der Waals surface area contributed by atoms with E-state index in [1.165, 1.54) is 26.0 Å². The highest BCUT2D eigenvalue weighted by Crippen LogP contribution is 2.21. The Morgan fingerprint density at radius 3 is 2.17 bits per heavy atom. The number of amides is 4. The molecule has 0 aliphatic heterocycles. The van der Waals surface area contributed by atoms with E-state index in [0.29, 0.717) is 16.7 Å². The molecule has 0 saturated heterocycles. The van der Waals surface area contributed by atoms with E-state index >= 15 is 0 Å². The maximum atomic E-state index is 13.3. The van der Waals surface area contributed by atoms with Crippen LogP contribution >= 0.6 is 0 Å². The smallest absolute Gasteiger partial charge is 0.336 e. The van der Waals surface area contributed by atoms with Crippen molar-refractivity contribution in [1.29, 1.82) is 0 Å². The number of benzene rings is 2. The second-order valence-corrected chi connectivity index (χ2v) is 9.61. The zero-order valence-corrected chi connectivity index (χ0v) is 22.9. The van der Waals surface area contributed by atoms with Gasteiger partial charge in [0.15, 0.2) is 0 Å². The molecule has 1 aromatic heterocycles. The number of hydrogen-bond acceptors (Lipinski definition) is 7. The fourth-order valence-corrected chi connectivity index (χ4v) is 3.99. The van der Waals surface area contributed by atoms with Gasteiger partial charge in [-0.15, -0.1) is 0 Å². The van der Waals surface area contributed by atoms with Crippen molar-refractivity contribution in [2.24, 2.45) is 0 Å². The van der Waals surface area contributed by atoms with E-state index in [9.17, 15) is 28.8 Å². The lowest BCUT2D eigenvalue weighted by Crippen LogP contribution is -2.55. The second-order valence-electron chi connectivity index (χ2n) is 9.61. The van der Waals surface area contributed by atoms with Crippen LogP contribution in [0.25, 0.3) is 11.0 Å². The number of carboxylic acids is 1. The average Bonchev–Trinajstić information content (AvgIpc) is 2.91. The molecule has 3 atom stereocenters. The quantitative estimate of drug-likeness (QED) is 0.206. The maximum absolute atomic E-state index is 13.3. The van der Waals surface area contributed by atoms with Crippen molar-refractivity contribution in [2.75, 3.05) is 5.32 Å². The Balaban J connectivity index is 1.69. The summed E-state index contributed by atoms with van der Waals surface area (Å²) in [5.74, 6) is -3.59. The van der Waals surface area contributed by atoms with Crippen molar-refractivity contribution in [1.82, 2.24) is 16.0 Å². The zero-order chi connectivity index (χ0) is 30.1. The summed E-state index contributed by atoms with van der Waals surface area (Å²) in [6.45, 7) is 4.60. The maximum Gasteiger partial charge on any atom is 0.336 e. The molecule has 0 radical (unpaired) electrons. The molecule has 12 heteroatoms. The molecule has 12 nitrogen and oxygen atoms in total. The Bertz CT molecular complexity index is 1500. The van der Waals surface area contributed by atoms with E-state index < -0.39 is 53.3 Å². The van der Waals surface area contributed by atoms with E-state index in [2.05, 4.69) is 21.3 Å². The van der Waals surface area contributed by atoms with E-state index in [0.717, 1.165) is 11.1 Å². The van der Waals surface area contributed by atoms with Gasteiger partial charge in [-0.2, -0.15) is 0 Å². The number of hydrogen-bond donors (Lipinski definition) is 5. The monoisotopic (exact) mass is 564 g/mol. The van der Waals surface area contributed by atoms with Crippen LogP contribution in [0.5, 0.6) is 0 Å². The summed E-state index contributed by atoms with van der Waals surface area (Å²) in [4.78, 5) is 73.1. The van der Waals surface area contributed by atoms with Crippen molar-refractivity contribution in [3.05, 3.63) is 76.1 Å². The predicted molar refractivity (Wildman–Crippen MR) is 150 cm³/mol. The third-order valence-electron chi connectivity index (χ3n) is 6.22. The average molecular weight is 565 g/mol. The van der Waals surface area contributed by atoms with Gasteiger partial charge in [0, 0.05) is 36.0 Å². The lowest BCUT2D eigenvalue weighted by molar-refractivity contribution is -0.139. The lowest BCUT2D eigenvalue weighted by Gasteiger charge is -2.22. The molecule has 1 heterocycles. The van der Waals surface area contributed by atoms with Gasteiger partial charge >= 0.3 is 11.6 Å². The molecule has 0 aliphatic carbocycles. The van der Waals surface area contributed by atoms with Gasteiger partial charge in [-0.25, -0.2) is 4.79 Å². The summed E-state index contributed by atoms with van der Waals surface area (Å²) in [6, 6.07) is 12.2. The van der Waals surface area contributed by atoms with Crippen LogP contribution in [0.2, 0.25) is 0 Å². The van der Waals surface area contributed by atoms with Gasteiger partial charge in [-0.05, 0) is 44.0 Å². The Labute approximate surface area is 235 Å². The number of aliphatic carboxylic acids is 1. The topological polar surface area (TPSA) is 184 Å². The standard InChI is InChI=1S/C29H32N4O8/c1-16-13-26(37)41-23-15-20(9-10-21(16)23)32-29(40)22(14-19-7-5-4-6-8-19)33-28(39)18(3)31-27(38)17(2)30-24(34)11-12-25(35)36/h4-10,13,15,17-18,22H,11-12,14H2,1-3H3,(H,30,34)(H,31,38)(H,32,40)(H,33,39)(H,35,36)/t17-,18+,22-/m0/s1. The first-order chi connectivity index (χ1) is 19.4. The van der Waals surface area contributed by atoms with Gasteiger partial charge in [0.05, 0.1) is 6.42 Å². The van der Waals surface area contributed by atoms with Gasteiger partial charge in [-0.1, -0.05) is 30.3 Å². The third kappa shape index (κ3) is 9.02. The number of fused-ring (bicyclic) bond motifs is 1. The van der Waals surface area contributed by atoms with Crippen LogP contribution in [0.4, 0.5) is 5.69 Å². The summed E-state index contributed by atoms with van der Waals surface area (Å²) in [7, 11) is 0. The molecular formula is C29H32N4O8. The van der Waals surface area contributed by atoms with Crippen LogP contribution in [0.1, 0.15) is 37.8 Å². The fraction of sp³-hybridized carbons (Fsp3) is 0.310. The van der Waals surface area contributed by atoms with Crippen LogP contribution in [0, 0.1) is 6.92 Å². The van der Waals surface area contributed by atoms with Crippen molar-refractivity contribution in [3.63, 3.8) is 0 Å². The van der Waals surface area contributed by atoms with Crippen molar-refractivity contribution >= 4 is 46.3 Å². The Morgan fingerprint density at radius 1 is 0.829 bits per heavy atom. The van der Waals surface area contributed by atoms with E-state index in [1.807, 2.05) is 6.07 Å². The van der Waals surface area contributed by atoms with Crippen molar-refractivity contribution in [2.45, 2.75) is 58.2 Å². The molecule has 0 unspecified atom stereocenters. The molecule has 5 N–H and O–H groups in total. The summed E-state index contributed by atoms with van der Waals surface area (Å²) in [5.41, 5.74) is 1.66.